The topological polar surface area (TPSA) is 65.0 Å². The van der Waals surface area contributed by atoms with Crippen molar-refractivity contribution in [2.45, 2.75) is 83.3 Å². The molecule has 0 radical (unpaired) electrons. The van der Waals surface area contributed by atoms with Crippen LogP contribution >= 0.6 is 0 Å². The van der Waals surface area contributed by atoms with Gasteiger partial charge in [0, 0.05) is 26.0 Å². The molecule has 1 atom stereocenters. The van der Waals surface area contributed by atoms with E-state index >= 15 is 0 Å². The summed E-state index contributed by atoms with van der Waals surface area (Å²) in [6.07, 6.45) is 12.2. The number of phenols is 1. The number of fused-ring (bicyclic) bond motifs is 1. The number of aromatic hydroxyl groups is 1. The van der Waals surface area contributed by atoms with Crippen LogP contribution in [0.15, 0.2) is 12.1 Å². The number of ether oxygens (including phenoxy) is 3. The number of benzene rings is 1. The molecule has 0 fully saturated rings. The van der Waals surface area contributed by atoms with E-state index in [4.69, 9.17) is 14.2 Å². The van der Waals surface area contributed by atoms with Gasteiger partial charge in [-0.15, -0.1) is 0 Å². The van der Waals surface area contributed by atoms with E-state index in [0.717, 1.165) is 12.8 Å². The minimum Gasteiger partial charge on any atom is -0.507 e. The molecule has 1 aliphatic rings. The number of hydrogen-bond donors (Lipinski definition) is 1. The Morgan fingerprint density at radius 1 is 1.04 bits per heavy atom. The Labute approximate surface area is 163 Å². The summed E-state index contributed by atoms with van der Waals surface area (Å²) in [5, 5.41) is 10.1. The Morgan fingerprint density at radius 2 is 1.67 bits per heavy atom. The van der Waals surface area contributed by atoms with Crippen molar-refractivity contribution in [3.8, 4) is 11.5 Å². The molecule has 1 N–H and O–H groups in total. The molecular formula is C22H34O5. The lowest BCUT2D eigenvalue weighted by molar-refractivity contribution is -0.195. The first-order chi connectivity index (χ1) is 13.0. The van der Waals surface area contributed by atoms with Gasteiger partial charge in [-0.3, -0.25) is 0 Å². The summed E-state index contributed by atoms with van der Waals surface area (Å²) in [6.45, 7) is 2.24. The highest BCUT2D eigenvalue weighted by molar-refractivity contribution is 5.95. The zero-order valence-corrected chi connectivity index (χ0v) is 17.0. The maximum absolute atomic E-state index is 12.4. The predicted octanol–water partition coefficient (Wildman–Crippen LogP) is 5.38. The van der Waals surface area contributed by atoms with Gasteiger partial charge in [-0.1, -0.05) is 58.3 Å². The Morgan fingerprint density at radius 3 is 2.26 bits per heavy atom. The number of esters is 1. The van der Waals surface area contributed by atoms with Crippen LogP contribution in [0.4, 0.5) is 0 Å². The van der Waals surface area contributed by atoms with Gasteiger partial charge < -0.3 is 19.3 Å². The number of carbonyl (C=O) groups is 1. The number of hydrogen-bond acceptors (Lipinski definition) is 5. The van der Waals surface area contributed by atoms with Gasteiger partial charge in [0.25, 0.3) is 0 Å². The van der Waals surface area contributed by atoms with Crippen molar-refractivity contribution in [1.29, 1.82) is 0 Å². The number of unbranched alkanes of at least 4 members (excludes halogenated alkanes) is 8. The van der Waals surface area contributed by atoms with Crippen LogP contribution in [0.5, 0.6) is 11.5 Å². The third kappa shape index (κ3) is 5.86. The molecule has 5 heteroatoms. The summed E-state index contributed by atoms with van der Waals surface area (Å²) < 4.78 is 16.4. The van der Waals surface area contributed by atoms with Gasteiger partial charge >= 0.3 is 5.97 Å². The minimum absolute atomic E-state index is 0.109. The molecule has 5 nitrogen and oxygen atoms in total. The molecule has 1 aromatic rings. The number of methoxy groups -OCH3 is 2. The second kappa shape index (κ2) is 10.5. The van der Waals surface area contributed by atoms with Crippen molar-refractivity contribution < 1.29 is 24.1 Å². The van der Waals surface area contributed by atoms with Crippen LogP contribution in [-0.2, 0) is 15.9 Å². The van der Waals surface area contributed by atoms with Gasteiger partial charge in [0.05, 0.1) is 7.11 Å². The molecule has 27 heavy (non-hydrogen) atoms. The molecule has 2 rings (SSSR count). The summed E-state index contributed by atoms with van der Waals surface area (Å²) in [5.74, 6) is -1.07. The highest BCUT2D eigenvalue weighted by Crippen LogP contribution is 2.38. The van der Waals surface area contributed by atoms with Crippen LogP contribution in [0.1, 0.15) is 87.1 Å². The van der Waals surface area contributed by atoms with Crippen LogP contribution < -0.4 is 4.74 Å². The highest BCUT2D eigenvalue weighted by Gasteiger charge is 2.41. The molecule has 1 heterocycles. The quantitative estimate of drug-likeness (QED) is 0.391. The summed E-state index contributed by atoms with van der Waals surface area (Å²) >= 11 is 0. The molecule has 0 aliphatic carbocycles. The van der Waals surface area contributed by atoms with Gasteiger partial charge in [0.2, 0.25) is 5.79 Å². The van der Waals surface area contributed by atoms with Gasteiger partial charge in [0.1, 0.15) is 17.1 Å². The molecule has 0 amide bonds. The predicted molar refractivity (Wildman–Crippen MR) is 105 cm³/mol. The summed E-state index contributed by atoms with van der Waals surface area (Å²) in [5.41, 5.74) is 0.927. The maximum Gasteiger partial charge on any atom is 0.344 e. The van der Waals surface area contributed by atoms with E-state index in [0.29, 0.717) is 24.2 Å². The van der Waals surface area contributed by atoms with E-state index in [1.54, 1.807) is 13.2 Å². The summed E-state index contributed by atoms with van der Waals surface area (Å²) in [4.78, 5) is 12.4. The van der Waals surface area contributed by atoms with Gasteiger partial charge in [-0.05, 0) is 18.1 Å². The van der Waals surface area contributed by atoms with Crippen molar-refractivity contribution >= 4 is 5.97 Å². The molecule has 0 unspecified atom stereocenters. The number of phenolic OH excluding ortho intramolecular Hbond substituents is 1. The number of rotatable bonds is 12. The fraction of sp³-hybridized carbons (Fsp3) is 0.682. The Balaban J connectivity index is 1.87. The first-order valence-electron chi connectivity index (χ1n) is 10.2. The van der Waals surface area contributed by atoms with E-state index in [2.05, 4.69) is 6.92 Å². The monoisotopic (exact) mass is 378 g/mol. The van der Waals surface area contributed by atoms with Crippen LogP contribution in [0, 0.1) is 0 Å². The molecule has 1 aliphatic heterocycles. The zero-order chi connectivity index (χ0) is 19.7. The molecule has 152 valence electrons. The molecule has 0 bridgehead atoms. The van der Waals surface area contributed by atoms with Gasteiger partial charge in [-0.2, -0.15) is 0 Å². The molecular weight excluding hydrogens is 344 g/mol. The molecule has 0 saturated carbocycles. The minimum atomic E-state index is -0.954. The van der Waals surface area contributed by atoms with Gasteiger partial charge in [-0.25, -0.2) is 4.79 Å². The summed E-state index contributed by atoms with van der Waals surface area (Å²) in [7, 11) is 3.11. The van der Waals surface area contributed by atoms with E-state index in [-0.39, 0.29) is 11.3 Å². The SMILES string of the molecule is CCCCCCCCCCC[C@]1(OC)Cc2cc(OC)cc(O)c2C(=O)O1. The van der Waals surface area contributed by atoms with Crippen LogP contribution in [-0.4, -0.2) is 31.1 Å². The standard InChI is InChI=1S/C22H34O5/c1-4-5-6-7-8-9-10-11-12-13-22(26-3)16-17-14-18(25-2)15-19(23)20(17)21(24)27-22/h14-15,23H,4-13,16H2,1-3H3/t22-/m1/s1. The molecule has 0 saturated heterocycles. The third-order valence-electron chi connectivity index (χ3n) is 5.38. The maximum atomic E-state index is 12.4. The average molecular weight is 379 g/mol. The Kier molecular flexibility index (Phi) is 8.42. The van der Waals surface area contributed by atoms with E-state index < -0.39 is 11.8 Å². The second-order valence-corrected chi connectivity index (χ2v) is 7.44. The lowest BCUT2D eigenvalue weighted by Gasteiger charge is -2.36. The summed E-state index contributed by atoms with van der Waals surface area (Å²) in [6, 6.07) is 3.21. The molecule has 0 spiro atoms. The van der Waals surface area contributed by atoms with E-state index in [9.17, 15) is 9.90 Å². The lowest BCUT2D eigenvalue weighted by Crippen LogP contribution is -2.43. The smallest absolute Gasteiger partial charge is 0.344 e. The normalized spacial score (nSPS) is 18.9. The number of carbonyl (C=O) groups excluding carboxylic acids is 1. The largest absolute Gasteiger partial charge is 0.507 e. The van der Waals surface area contributed by atoms with Crippen molar-refractivity contribution in [1.82, 2.24) is 0 Å². The van der Waals surface area contributed by atoms with Crippen LogP contribution in [0.3, 0.4) is 0 Å². The average Bonchev–Trinajstić information content (AvgIpc) is 2.66. The van der Waals surface area contributed by atoms with E-state index in [1.807, 2.05) is 0 Å². The first kappa shape index (κ1) is 21.5. The van der Waals surface area contributed by atoms with Crippen molar-refractivity contribution in [2.24, 2.45) is 0 Å². The fourth-order valence-electron chi connectivity index (χ4n) is 3.76. The Hall–Kier alpha value is -1.75. The van der Waals surface area contributed by atoms with Crippen LogP contribution in [0.25, 0.3) is 0 Å². The second-order valence-electron chi connectivity index (χ2n) is 7.44. The zero-order valence-electron chi connectivity index (χ0n) is 17.0. The van der Waals surface area contributed by atoms with Crippen molar-refractivity contribution in [3.63, 3.8) is 0 Å². The lowest BCUT2D eigenvalue weighted by atomic mass is 9.91. The molecule has 0 aromatic heterocycles. The molecule has 1 aromatic carbocycles. The van der Waals surface area contributed by atoms with Gasteiger partial charge in [0.15, 0.2) is 0 Å². The third-order valence-corrected chi connectivity index (χ3v) is 5.38. The first-order valence-corrected chi connectivity index (χ1v) is 10.2. The number of cyclic esters (lactones) is 1. The van der Waals surface area contributed by atoms with E-state index in [1.165, 1.54) is 58.1 Å². The van der Waals surface area contributed by atoms with Crippen LogP contribution in [0.2, 0.25) is 0 Å². The van der Waals surface area contributed by atoms with Crippen molar-refractivity contribution in [2.75, 3.05) is 14.2 Å². The highest BCUT2D eigenvalue weighted by atomic mass is 16.7. The Bertz CT molecular complexity index is 613. The van der Waals surface area contributed by atoms with Crippen molar-refractivity contribution in [3.05, 3.63) is 23.3 Å². The fourth-order valence-corrected chi connectivity index (χ4v) is 3.76.